The van der Waals surface area contributed by atoms with Gasteiger partial charge in [0, 0.05) is 64.1 Å². The molecule has 1 unspecified atom stereocenters. The maximum Gasteiger partial charge on any atom is 0.355 e. The molecule has 4 aromatic carbocycles. The molecule has 4 atom stereocenters. The summed E-state index contributed by atoms with van der Waals surface area (Å²) in [5.74, 6) is -4.31. The third-order valence-corrected chi connectivity index (χ3v) is 15.6. The van der Waals surface area contributed by atoms with Crippen molar-refractivity contribution in [1.82, 2.24) is 40.8 Å². The number of esters is 2. The lowest BCUT2D eigenvalue weighted by molar-refractivity contribution is -0.191. The first kappa shape index (κ1) is 58.9. The van der Waals surface area contributed by atoms with Crippen LogP contribution >= 0.6 is 12.2 Å². The van der Waals surface area contributed by atoms with Crippen LogP contribution in [0.3, 0.4) is 0 Å². The summed E-state index contributed by atoms with van der Waals surface area (Å²) in [4.78, 5) is 106. The van der Waals surface area contributed by atoms with E-state index in [1.165, 1.54) is 73.2 Å². The van der Waals surface area contributed by atoms with Gasteiger partial charge in [-0.25, -0.2) is 37.6 Å². The Labute approximate surface area is 487 Å². The van der Waals surface area contributed by atoms with Gasteiger partial charge in [0.25, 0.3) is 15.6 Å². The first-order valence-electron chi connectivity index (χ1n) is 26.8. The molecule has 24 nitrogen and oxygen atoms in total. The lowest BCUT2D eigenvalue weighted by Crippen LogP contribution is -2.56. The number of fused-ring (bicyclic) bond motifs is 5. The van der Waals surface area contributed by atoms with Crippen LogP contribution in [-0.2, 0) is 63.8 Å². The number of urea groups is 2. The summed E-state index contributed by atoms with van der Waals surface area (Å²) in [6.45, 7) is 7.27. The number of hydrogen-bond donors (Lipinski definition) is 10. The molecule has 0 aliphatic carbocycles. The first-order valence-corrected chi connectivity index (χ1v) is 28.7. The lowest BCUT2D eigenvalue weighted by atomic mass is 9.85. The Balaban J connectivity index is 0.840. The second-order valence-electron chi connectivity index (χ2n) is 20.3. The van der Waals surface area contributed by atoms with E-state index in [4.69, 9.17) is 26.7 Å². The quantitative estimate of drug-likeness (QED) is 0.0262. The molecule has 436 valence electrons. The highest BCUT2D eigenvalue weighted by Crippen LogP contribution is 2.41. The number of aliphatic carboxylic acids is 1. The van der Waals surface area contributed by atoms with Crippen molar-refractivity contribution in [3.8, 4) is 11.4 Å². The molecule has 5 amide bonds. The maximum atomic E-state index is 14.5. The van der Waals surface area contributed by atoms with E-state index in [9.17, 15) is 47.1 Å². The number of imidazole rings is 1. The molecule has 0 fully saturated rings. The van der Waals surface area contributed by atoms with Gasteiger partial charge in [0.1, 0.15) is 18.7 Å². The summed E-state index contributed by atoms with van der Waals surface area (Å²) in [5.41, 5.74) is 2.32. The number of aromatic nitrogens is 4. The summed E-state index contributed by atoms with van der Waals surface area (Å²) in [6, 6.07) is 24.1. The Kier molecular flexibility index (Phi) is 17.7. The number of nitrogens with one attached hydrogen (secondary N) is 9. The SMILES string of the molecule is CCCNC(=O)Nc1cccc(S(=O)(=O)Nc2cccc(C(CC(=O)O)NC(=O)Nc3ccc(NC(=S)N[C@@H](Cc4cnc[nH]4)C(=O)N[C@@H](C(=O)O[C@]4(CC)C(=O)OCc5c4cc4n(c5=O)Cc5cc6ccccc6nc5-4)C(C)C)cc3)c2)c1. The number of anilines is 4. The molecule has 26 heteroatoms. The highest BCUT2D eigenvalue weighted by atomic mass is 32.2. The van der Waals surface area contributed by atoms with Crippen molar-refractivity contribution in [2.75, 3.05) is 27.2 Å². The molecule has 84 heavy (non-hydrogen) atoms. The van der Waals surface area contributed by atoms with E-state index >= 15 is 0 Å². The fraction of sp³-hybridized carbons (Fsp3) is 0.276. The Morgan fingerprint density at radius 1 is 0.845 bits per heavy atom. The van der Waals surface area contributed by atoms with E-state index in [1.807, 2.05) is 37.3 Å². The number of carbonyl (C=O) groups excluding carboxylic acids is 5. The van der Waals surface area contributed by atoms with Crippen molar-refractivity contribution >= 4 is 96.9 Å². The second-order valence-corrected chi connectivity index (χ2v) is 22.4. The number of carboxylic acids is 1. The number of amides is 5. The molecule has 10 N–H and O–H groups in total. The van der Waals surface area contributed by atoms with E-state index in [-0.39, 0.29) is 69.8 Å². The zero-order valence-corrected chi connectivity index (χ0v) is 47.5. The van der Waals surface area contributed by atoms with Gasteiger partial charge < -0.3 is 61.3 Å². The number of aromatic amines is 1. The van der Waals surface area contributed by atoms with Crippen LogP contribution in [0, 0.1) is 5.92 Å². The van der Waals surface area contributed by atoms with Crippen molar-refractivity contribution in [3.63, 3.8) is 0 Å². The molecule has 0 bridgehead atoms. The monoisotopic (exact) mass is 1180 g/mol. The van der Waals surface area contributed by atoms with E-state index in [0.717, 1.165) is 16.5 Å². The number of benzene rings is 4. The summed E-state index contributed by atoms with van der Waals surface area (Å²) in [5, 5.41) is 30.0. The van der Waals surface area contributed by atoms with Crippen LogP contribution in [0.5, 0.6) is 0 Å². The van der Waals surface area contributed by atoms with Crippen LogP contribution in [0.15, 0.2) is 131 Å². The number of H-pyrrole nitrogens is 1. The van der Waals surface area contributed by atoms with Crippen LogP contribution in [-0.4, -0.2) is 92.7 Å². The summed E-state index contributed by atoms with van der Waals surface area (Å²) < 4.78 is 42.7. The number of sulfonamides is 1. The third kappa shape index (κ3) is 13.3. The zero-order chi connectivity index (χ0) is 59.9. The highest BCUT2D eigenvalue weighted by molar-refractivity contribution is 7.92. The summed E-state index contributed by atoms with van der Waals surface area (Å²) in [7, 11) is -4.20. The number of para-hydroxylation sites is 1. The third-order valence-electron chi connectivity index (χ3n) is 14.0. The van der Waals surface area contributed by atoms with Crippen LogP contribution in [0.2, 0.25) is 0 Å². The minimum atomic E-state index is -4.20. The van der Waals surface area contributed by atoms with Gasteiger partial charge in [0.15, 0.2) is 5.11 Å². The van der Waals surface area contributed by atoms with Crippen molar-refractivity contribution in [2.45, 2.75) is 95.2 Å². The van der Waals surface area contributed by atoms with Gasteiger partial charge in [-0.3, -0.25) is 19.1 Å². The predicted octanol–water partition coefficient (Wildman–Crippen LogP) is 6.76. The molecule has 9 rings (SSSR count). The Hall–Kier alpha value is -9.69. The zero-order valence-electron chi connectivity index (χ0n) is 45.9. The van der Waals surface area contributed by atoms with Gasteiger partial charge in [-0.2, -0.15) is 0 Å². The molecule has 0 spiro atoms. The standard InChI is InChI=1S/C58H60N12O12S2/c1-5-21-60-55(77)63-38-13-10-15-41(24-38)84(79,80)69-39-14-9-12-34(23-39)45(27-48(71)72)66-56(78)62-36-17-19-37(20-18-36)64-57(83)67-46(25-40-28-59-31-61-40)51(73)68-49(32(3)4)53(75)82-58(6-2)43-26-47-50-35(22-33-11-7-8-16-44(33)65-50)29-70(47)52(74)42(43)30-81-54(58)76/h7-20,22-24,26,28,31-32,45-46,49,69H,5-6,21,25,27,29-30H2,1-4H3,(H,59,61)(H,68,73)(H,71,72)(H2,60,63,77)(H2,62,66,78)(H2,64,67,83)/t45?,46-,49+,58-/m0/s1. The van der Waals surface area contributed by atoms with Crippen LogP contribution in [0.1, 0.15) is 80.9 Å². The van der Waals surface area contributed by atoms with E-state index < -0.39 is 87.5 Å². The summed E-state index contributed by atoms with van der Waals surface area (Å²) >= 11 is 5.67. The number of rotatable bonds is 21. The maximum absolute atomic E-state index is 14.5. The minimum absolute atomic E-state index is 0.00966. The Morgan fingerprint density at radius 2 is 1.57 bits per heavy atom. The first-order chi connectivity index (χ1) is 40.2. The minimum Gasteiger partial charge on any atom is -0.481 e. The molecule has 0 saturated heterocycles. The molecule has 2 aliphatic heterocycles. The average Bonchev–Trinajstić information content (AvgIpc) is 1.48. The van der Waals surface area contributed by atoms with Gasteiger partial charge in [-0.1, -0.05) is 64.1 Å². The lowest BCUT2D eigenvalue weighted by Gasteiger charge is -2.37. The number of thiocarbonyl (C=S) groups is 1. The van der Waals surface area contributed by atoms with Crippen LogP contribution in [0.25, 0.3) is 22.3 Å². The van der Waals surface area contributed by atoms with E-state index in [2.05, 4.69) is 51.9 Å². The largest absolute Gasteiger partial charge is 0.481 e. The number of ether oxygens (including phenoxy) is 2. The molecule has 0 radical (unpaired) electrons. The number of cyclic esters (lactones) is 1. The Bertz CT molecular complexity index is 3880. The van der Waals surface area contributed by atoms with Gasteiger partial charge >= 0.3 is 30.0 Å². The number of nitrogens with zero attached hydrogens (tertiary/aromatic N) is 3. The van der Waals surface area contributed by atoms with Crippen LogP contribution in [0.4, 0.5) is 32.3 Å². The van der Waals surface area contributed by atoms with Gasteiger partial charge in [-0.05, 0) is 109 Å². The molecule has 5 heterocycles. The molecule has 0 saturated carbocycles. The summed E-state index contributed by atoms with van der Waals surface area (Å²) in [6.07, 6.45) is 3.02. The van der Waals surface area contributed by atoms with E-state index in [1.54, 1.807) is 43.5 Å². The predicted molar refractivity (Wildman–Crippen MR) is 315 cm³/mol. The van der Waals surface area contributed by atoms with Gasteiger partial charge in [0.05, 0.1) is 52.7 Å². The molecule has 7 aromatic rings. The highest BCUT2D eigenvalue weighted by Gasteiger charge is 2.51. The topological polar surface area (TPSA) is 335 Å². The Morgan fingerprint density at radius 3 is 2.29 bits per heavy atom. The molecule has 2 aliphatic rings. The average molecular weight is 1180 g/mol. The molecule has 3 aromatic heterocycles. The normalized spacial score (nSPS) is 15.2. The number of carboxylic acid groups (broad SMARTS) is 1. The van der Waals surface area contributed by atoms with Crippen molar-refractivity contribution in [1.29, 1.82) is 0 Å². The number of carbonyl (C=O) groups is 6. The van der Waals surface area contributed by atoms with Crippen molar-refractivity contribution in [3.05, 3.63) is 160 Å². The number of hydrogen-bond acceptors (Lipinski definition) is 14. The van der Waals surface area contributed by atoms with Crippen molar-refractivity contribution in [2.24, 2.45) is 5.92 Å². The van der Waals surface area contributed by atoms with Crippen molar-refractivity contribution < 1.29 is 51.8 Å². The fourth-order valence-corrected chi connectivity index (χ4v) is 11.2. The smallest absolute Gasteiger partial charge is 0.355 e. The number of pyridine rings is 2. The molecular formula is C58H60N12O12S2. The molecular weight excluding hydrogens is 1120 g/mol. The van der Waals surface area contributed by atoms with E-state index in [0.29, 0.717) is 35.7 Å². The van der Waals surface area contributed by atoms with Gasteiger partial charge in [-0.15, -0.1) is 0 Å². The second kappa shape index (κ2) is 25.2. The van der Waals surface area contributed by atoms with Crippen LogP contribution < -0.4 is 47.5 Å². The van der Waals surface area contributed by atoms with Gasteiger partial charge in [0.2, 0.25) is 11.5 Å². The fourth-order valence-electron chi connectivity index (χ4n) is 9.80.